The summed E-state index contributed by atoms with van der Waals surface area (Å²) in [4.78, 5) is 52.4. The number of pyridine rings is 1. The van der Waals surface area contributed by atoms with Crippen LogP contribution in [0, 0.1) is 0 Å². The zero-order valence-corrected chi connectivity index (χ0v) is 19.8. The summed E-state index contributed by atoms with van der Waals surface area (Å²) in [6.07, 6.45) is 1.38. The molecule has 4 aromatic rings. The molecule has 0 aliphatic carbocycles. The van der Waals surface area contributed by atoms with Gasteiger partial charge in [0.05, 0.1) is 5.56 Å². The number of rotatable bonds is 6. The van der Waals surface area contributed by atoms with Crippen molar-refractivity contribution in [1.82, 2.24) is 10.3 Å². The van der Waals surface area contributed by atoms with Gasteiger partial charge in [0.25, 0.3) is 5.91 Å². The molecule has 1 aromatic heterocycles. The van der Waals surface area contributed by atoms with E-state index in [-0.39, 0.29) is 16.7 Å². The number of anilines is 1. The first-order valence-electron chi connectivity index (χ1n) is 10.9. The Kier molecular flexibility index (Phi) is 6.80. The molecule has 0 aliphatic heterocycles. The van der Waals surface area contributed by atoms with Gasteiger partial charge in [-0.1, -0.05) is 35.9 Å². The topological polar surface area (TPSA) is 108 Å². The van der Waals surface area contributed by atoms with Gasteiger partial charge in [-0.05, 0) is 67.4 Å². The van der Waals surface area contributed by atoms with Crippen LogP contribution < -0.4 is 16.1 Å². The van der Waals surface area contributed by atoms with Crippen LogP contribution in [0.5, 0.6) is 0 Å². The molecule has 0 unspecified atom stereocenters. The van der Waals surface area contributed by atoms with E-state index in [2.05, 4.69) is 15.6 Å². The lowest BCUT2D eigenvalue weighted by atomic mass is 10.0. The molecule has 0 saturated carbocycles. The molecule has 0 aliphatic rings. The number of amides is 2. The molecule has 176 valence electrons. The number of halogens is 1. The highest BCUT2D eigenvalue weighted by atomic mass is 35.5. The first-order chi connectivity index (χ1) is 16.7. The summed E-state index contributed by atoms with van der Waals surface area (Å²) in [5.41, 5.74) is 2.87. The third kappa shape index (κ3) is 5.31. The van der Waals surface area contributed by atoms with Crippen LogP contribution in [0.4, 0.5) is 5.69 Å². The summed E-state index contributed by atoms with van der Waals surface area (Å²) in [5.74, 6) is -1.19. The standard InChI is InChI=1S/C27H22ClN3O4/c1-15(30-27(35)19-5-3-17(4-6-19)18-7-9-20(28)10-8-18)26(34)31-21-11-12-24-22(13-21)25(33)23(14-29-24)16(2)32/h3-15H,1-2H3,(H,29,33)(H,30,35)(H,31,34)/t15-/m0/s1. The predicted octanol–water partition coefficient (Wildman–Crippen LogP) is 4.81. The van der Waals surface area contributed by atoms with Crippen molar-refractivity contribution in [1.29, 1.82) is 0 Å². The molecular weight excluding hydrogens is 466 g/mol. The second kappa shape index (κ2) is 9.95. The second-order valence-corrected chi connectivity index (χ2v) is 8.55. The summed E-state index contributed by atoms with van der Waals surface area (Å²) in [6.45, 7) is 2.88. The number of hydrogen-bond acceptors (Lipinski definition) is 4. The van der Waals surface area contributed by atoms with E-state index < -0.39 is 23.3 Å². The molecule has 0 radical (unpaired) electrons. The highest BCUT2D eigenvalue weighted by Gasteiger charge is 2.18. The van der Waals surface area contributed by atoms with Crippen molar-refractivity contribution in [2.24, 2.45) is 0 Å². The number of aromatic amines is 1. The minimum absolute atomic E-state index is 0.0451. The Morgan fingerprint density at radius 3 is 2.17 bits per heavy atom. The van der Waals surface area contributed by atoms with E-state index in [1.165, 1.54) is 19.2 Å². The lowest BCUT2D eigenvalue weighted by Gasteiger charge is -2.15. The SMILES string of the molecule is CC(=O)c1c[nH]c2ccc(NC(=O)[C@H](C)NC(=O)c3ccc(-c4ccc(Cl)cc4)cc3)cc2c1=O. The molecular formula is C27H22ClN3O4. The number of aromatic nitrogens is 1. The number of ketones is 1. The number of benzene rings is 3. The van der Waals surface area contributed by atoms with Crippen molar-refractivity contribution in [2.75, 3.05) is 5.32 Å². The van der Waals surface area contributed by atoms with Gasteiger partial charge in [-0.2, -0.15) is 0 Å². The van der Waals surface area contributed by atoms with E-state index in [0.717, 1.165) is 11.1 Å². The maximum atomic E-state index is 12.7. The quantitative estimate of drug-likeness (QED) is 0.339. The first kappa shape index (κ1) is 23.9. The van der Waals surface area contributed by atoms with E-state index >= 15 is 0 Å². The highest BCUT2D eigenvalue weighted by Crippen LogP contribution is 2.22. The Balaban J connectivity index is 1.43. The molecule has 0 spiro atoms. The molecule has 8 heteroatoms. The number of H-pyrrole nitrogens is 1. The van der Waals surface area contributed by atoms with Gasteiger partial charge < -0.3 is 15.6 Å². The smallest absolute Gasteiger partial charge is 0.251 e. The molecule has 1 atom stereocenters. The van der Waals surface area contributed by atoms with E-state index in [1.807, 2.05) is 24.3 Å². The number of fused-ring (bicyclic) bond motifs is 1. The summed E-state index contributed by atoms with van der Waals surface area (Å²) < 4.78 is 0. The number of hydrogen-bond donors (Lipinski definition) is 3. The van der Waals surface area contributed by atoms with Crippen LogP contribution in [-0.4, -0.2) is 28.6 Å². The zero-order chi connectivity index (χ0) is 25.1. The van der Waals surface area contributed by atoms with E-state index in [0.29, 0.717) is 21.8 Å². The van der Waals surface area contributed by atoms with Crippen molar-refractivity contribution in [3.63, 3.8) is 0 Å². The van der Waals surface area contributed by atoms with Gasteiger partial charge in [0.2, 0.25) is 5.91 Å². The van der Waals surface area contributed by atoms with Gasteiger partial charge in [0, 0.05) is 33.4 Å². The van der Waals surface area contributed by atoms with E-state index in [9.17, 15) is 19.2 Å². The molecule has 3 N–H and O–H groups in total. The molecule has 4 rings (SSSR count). The Labute approximate surface area is 206 Å². The lowest BCUT2D eigenvalue weighted by Crippen LogP contribution is -2.41. The van der Waals surface area contributed by atoms with E-state index in [1.54, 1.807) is 43.3 Å². The number of Topliss-reactive ketones (excluding diaryl/α,β-unsaturated/α-hetero) is 1. The Morgan fingerprint density at radius 1 is 0.914 bits per heavy atom. The van der Waals surface area contributed by atoms with Gasteiger partial charge in [0.15, 0.2) is 11.2 Å². The van der Waals surface area contributed by atoms with Gasteiger partial charge in [0.1, 0.15) is 6.04 Å². The van der Waals surface area contributed by atoms with Crippen molar-refractivity contribution >= 4 is 45.8 Å². The van der Waals surface area contributed by atoms with Gasteiger partial charge >= 0.3 is 0 Å². The maximum absolute atomic E-state index is 12.7. The Bertz CT molecular complexity index is 1490. The minimum Gasteiger partial charge on any atom is -0.360 e. The summed E-state index contributed by atoms with van der Waals surface area (Å²) in [7, 11) is 0. The number of carbonyl (C=O) groups excluding carboxylic acids is 3. The van der Waals surface area contributed by atoms with Crippen LogP contribution in [0.25, 0.3) is 22.0 Å². The van der Waals surface area contributed by atoms with Crippen LogP contribution in [0.1, 0.15) is 34.6 Å². The van der Waals surface area contributed by atoms with Crippen LogP contribution in [-0.2, 0) is 4.79 Å². The van der Waals surface area contributed by atoms with Gasteiger partial charge in [-0.15, -0.1) is 0 Å². The summed E-state index contributed by atoms with van der Waals surface area (Å²) >= 11 is 5.93. The Hall–Kier alpha value is -4.23. The van der Waals surface area contributed by atoms with E-state index in [4.69, 9.17) is 11.6 Å². The van der Waals surface area contributed by atoms with Crippen molar-refractivity contribution in [3.05, 3.63) is 99.3 Å². The largest absolute Gasteiger partial charge is 0.360 e. The average molecular weight is 488 g/mol. The fraction of sp³-hybridized carbons (Fsp3) is 0.111. The molecule has 1 heterocycles. The molecule has 0 bridgehead atoms. The molecule has 35 heavy (non-hydrogen) atoms. The Morgan fingerprint density at radius 2 is 1.54 bits per heavy atom. The normalized spacial score (nSPS) is 11.6. The van der Waals surface area contributed by atoms with Crippen molar-refractivity contribution in [3.8, 4) is 11.1 Å². The van der Waals surface area contributed by atoms with Gasteiger partial charge in [-0.25, -0.2) is 0 Å². The van der Waals surface area contributed by atoms with Crippen molar-refractivity contribution < 1.29 is 14.4 Å². The fourth-order valence-corrected chi connectivity index (χ4v) is 3.74. The van der Waals surface area contributed by atoms with Gasteiger partial charge in [-0.3, -0.25) is 19.2 Å². The monoisotopic (exact) mass is 487 g/mol. The summed E-state index contributed by atoms with van der Waals surface area (Å²) in [6, 6.07) is 18.3. The first-order valence-corrected chi connectivity index (χ1v) is 11.2. The number of nitrogens with one attached hydrogen (secondary N) is 3. The predicted molar refractivity (Wildman–Crippen MR) is 137 cm³/mol. The minimum atomic E-state index is -0.837. The van der Waals surface area contributed by atoms with Crippen LogP contribution in [0.15, 0.2) is 77.7 Å². The average Bonchev–Trinajstić information content (AvgIpc) is 2.85. The molecule has 0 fully saturated rings. The van der Waals surface area contributed by atoms with Crippen LogP contribution >= 0.6 is 11.6 Å². The third-order valence-corrected chi connectivity index (χ3v) is 5.85. The molecule has 7 nitrogen and oxygen atoms in total. The molecule has 0 saturated heterocycles. The third-order valence-electron chi connectivity index (χ3n) is 5.59. The van der Waals surface area contributed by atoms with Crippen molar-refractivity contribution in [2.45, 2.75) is 19.9 Å². The number of carbonyl (C=O) groups is 3. The fourth-order valence-electron chi connectivity index (χ4n) is 3.61. The highest BCUT2D eigenvalue weighted by molar-refractivity contribution is 6.30. The molecule has 2 amide bonds. The van der Waals surface area contributed by atoms with Crippen LogP contribution in [0.2, 0.25) is 5.02 Å². The zero-order valence-electron chi connectivity index (χ0n) is 19.0. The second-order valence-electron chi connectivity index (χ2n) is 8.12. The summed E-state index contributed by atoms with van der Waals surface area (Å²) in [5, 5.41) is 6.31. The maximum Gasteiger partial charge on any atom is 0.251 e. The molecule has 3 aromatic carbocycles. The van der Waals surface area contributed by atoms with Crippen LogP contribution in [0.3, 0.4) is 0 Å². The lowest BCUT2D eigenvalue weighted by molar-refractivity contribution is -0.117.